The van der Waals surface area contributed by atoms with Crippen molar-refractivity contribution in [3.05, 3.63) is 0 Å². The zero-order chi connectivity index (χ0) is 21.8. The Labute approximate surface area is 176 Å². The molecule has 5 unspecified atom stereocenters. The van der Waals surface area contributed by atoms with Gasteiger partial charge in [-0.3, -0.25) is 14.8 Å². The van der Waals surface area contributed by atoms with Gasteiger partial charge in [0.1, 0.15) is 0 Å². The Balaban J connectivity index is 1.62. The molecule has 2 fully saturated rings. The van der Waals surface area contributed by atoms with E-state index in [2.05, 4.69) is 20.7 Å². The van der Waals surface area contributed by atoms with Crippen LogP contribution >= 0.6 is 0 Å². The van der Waals surface area contributed by atoms with Gasteiger partial charge < -0.3 is 15.3 Å². The van der Waals surface area contributed by atoms with E-state index < -0.39 is 23.9 Å². The summed E-state index contributed by atoms with van der Waals surface area (Å²) in [5.74, 6) is 2.86. The van der Waals surface area contributed by atoms with Crippen LogP contribution in [-0.4, -0.2) is 54.6 Å². The molecule has 2 rings (SSSR count). The average molecular weight is 434 g/mol. The lowest BCUT2D eigenvalue weighted by Gasteiger charge is -2.31. The summed E-state index contributed by atoms with van der Waals surface area (Å²) in [7, 11) is 0. The lowest BCUT2D eigenvalue weighted by molar-refractivity contribution is -0.335. The van der Waals surface area contributed by atoms with Crippen LogP contribution in [0.4, 0.5) is 0 Å². The van der Waals surface area contributed by atoms with Crippen molar-refractivity contribution in [3.63, 3.8) is 0 Å². The second kappa shape index (κ2) is 13.9. The summed E-state index contributed by atoms with van der Waals surface area (Å²) in [4.78, 5) is 42.9. The van der Waals surface area contributed by atoms with Gasteiger partial charge in [-0.05, 0) is 50.4 Å². The third kappa shape index (κ3) is 8.06. The number of hydrogen-bond donors (Lipinski definition) is 5. The van der Waals surface area contributed by atoms with Gasteiger partial charge in [0.15, 0.2) is 0 Å². The minimum absolute atomic E-state index is 0.251. The highest BCUT2D eigenvalue weighted by molar-refractivity contribution is 5.84. The minimum atomic E-state index is -0.982. The van der Waals surface area contributed by atoms with Gasteiger partial charge in [0.2, 0.25) is 5.91 Å². The molecule has 2 aliphatic rings. The maximum absolute atomic E-state index is 12.5. The molecule has 0 aromatic carbocycles. The highest BCUT2D eigenvalue weighted by atomic mass is 17.3. The number of aliphatic carboxylic acids is 1. The van der Waals surface area contributed by atoms with Gasteiger partial charge in [0, 0.05) is 13.1 Å². The van der Waals surface area contributed by atoms with Crippen molar-refractivity contribution >= 4 is 11.9 Å². The first-order valence-corrected chi connectivity index (χ1v) is 10.7. The van der Waals surface area contributed by atoms with Crippen molar-refractivity contribution in [3.8, 4) is 0 Å². The summed E-state index contributed by atoms with van der Waals surface area (Å²) in [5.41, 5.74) is 2.90. The number of carbonyl (C=O) groups excluding carboxylic acids is 1. The standard InChI is InChI=1S/C19H35N3O8/c20-30-29-15-6-7-16(19(24)25)17(10-15)18(23)21-8-3-9-22-27-11-13-4-1-2-5-14(13)12-28-26/h13-17,22,26H,1-12,20H2,(H,21,23)(H,24,25). The summed E-state index contributed by atoms with van der Waals surface area (Å²) >= 11 is 0. The smallest absolute Gasteiger partial charge is 0.307 e. The van der Waals surface area contributed by atoms with Gasteiger partial charge in [-0.25, -0.2) is 15.3 Å². The zero-order valence-corrected chi connectivity index (χ0v) is 17.3. The summed E-state index contributed by atoms with van der Waals surface area (Å²) in [6.07, 6.45) is 5.69. The van der Waals surface area contributed by atoms with Gasteiger partial charge in [0.25, 0.3) is 0 Å². The molecule has 30 heavy (non-hydrogen) atoms. The molecule has 0 spiro atoms. The number of amides is 1. The Kier molecular flexibility index (Phi) is 11.5. The summed E-state index contributed by atoms with van der Waals surface area (Å²) < 4.78 is 0. The molecule has 6 N–H and O–H groups in total. The van der Waals surface area contributed by atoms with Crippen LogP contribution in [0.25, 0.3) is 0 Å². The van der Waals surface area contributed by atoms with E-state index in [1.54, 1.807) is 0 Å². The first-order valence-electron chi connectivity index (χ1n) is 10.7. The molecule has 0 saturated heterocycles. The molecule has 0 aliphatic heterocycles. The van der Waals surface area contributed by atoms with Gasteiger partial charge in [-0.15, -0.1) is 4.99 Å². The normalized spacial score (nSPS) is 29.5. The summed E-state index contributed by atoms with van der Waals surface area (Å²) in [5, 5.41) is 20.9. The van der Waals surface area contributed by atoms with Crippen molar-refractivity contribution < 1.29 is 39.6 Å². The number of carbonyl (C=O) groups is 2. The van der Waals surface area contributed by atoms with E-state index in [9.17, 15) is 14.7 Å². The second-order valence-corrected chi connectivity index (χ2v) is 8.13. The van der Waals surface area contributed by atoms with Crippen molar-refractivity contribution in [2.24, 2.45) is 29.6 Å². The molecule has 2 saturated carbocycles. The summed E-state index contributed by atoms with van der Waals surface area (Å²) in [6.45, 7) is 1.84. The average Bonchev–Trinajstić information content (AvgIpc) is 2.74. The van der Waals surface area contributed by atoms with Gasteiger partial charge in [0.05, 0.1) is 31.2 Å². The molecular weight excluding hydrogens is 398 g/mol. The fourth-order valence-corrected chi connectivity index (χ4v) is 4.44. The Hall–Kier alpha value is -1.34. The van der Waals surface area contributed by atoms with Crippen LogP contribution in [0.15, 0.2) is 0 Å². The van der Waals surface area contributed by atoms with E-state index >= 15 is 0 Å². The highest BCUT2D eigenvalue weighted by Crippen LogP contribution is 2.32. The minimum Gasteiger partial charge on any atom is -0.481 e. The maximum atomic E-state index is 12.5. The molecule has 11 nitrogen and oxygen atoms in total. The number of rotatable bonds is 13. The number of carboxylic acids is 1. The summed E-state index contributed by atoms with van der Waals surface area (Å²) in [6, 6.07) is 0. The lowest BCUT2D eigenvalue weighted by Crippen LogP contribution is -2.44. The molecule has 5 atom stereocenters. The van der Waals surface area contributed by atoms with E-state index in [0.29, 0.717) is 57.4 Å². The van der Waals surface area contributed by atoms with Crippen LogP contribution in [0, 0.1) is 23.7 Å². The van der Waals surface area contributed by atoms with E-state index in [0.717, 1.165) is 25.7 Å². The molecule has 11 heteroatoms. The molecule has 0 aromatic heterocycles. The van der Waals surface area contributed by atoms with Crippen LogP contribution in [0.2, 0.25) is 0 Å². The zero-order valence-electron chi connectivity index (χ0n) is 17.3. The molecule has 174 valence electrons. The fourth-order valence-electron chi connectivity index (χ4n) is 4.44. The predicted octanol–water partition coefficient (Wildman–Crippen LogP) is 1.00. The third-order valence-electron chi connectivity index (χ3n) is 6.16. The van der Waals surface area contributed by atoms with Gasteiger partial charge in [-0.1, -0.05) is 12.8 Å². The Morgan fingerprint density at radius 1 is 1.00 bits per heavy atom. The number of nitrogens with one attached hydrogen (secondary N) is 2. The first-order chi connectivity index (χ1) is 14.6. The molecule has 2 aliphatic carbocycles. The Morgan fingerprint density at radius 2 is 1.73 bits per heavy atom. The van der Waals surface area contributed by atoms with E-state index in [1.807, 2.05) is 0 Å². The van der Waals surface area contributed by atoms with Crippen LogP contribution in [0.1, 0.15) is 51.4 Å². The SMILES string of the molecule is NOOC1CCC(C(=O)O)C(C(=O)NCCCNOCC2CCCCC2COO)C1. The molecule has 0 aromatic rings. The van der Waals surface area contributed by atoms with Crippen LogP contribution in [-0.2, 0) is 29.2 Å². The molecule has 0 radical (unpaired) electrons. The first kappa shape index (κ1) is 24.9. The van der Waals surface area contributed by atoms with Crippen molar-refractivity contribution in [2.75, 3.05) is 26.3 Å². The predicted molar refractivity (Wildman–Crippen MR) is 104 cm³/mol. The molecule has 0 bridgehead atoms. The third-order valence-corrected chi connectivity index (χ3v) is 6.16. The number of hydroxylamine groups is 1. The number of hydrogen-bond acceptors (Lipinski definition) is 9. The Morgan fingerprint density at radius 3 is 2.40 bits per heavy atom. The van der Waals surface area contributed by atoms with E-state index in [4.69, 9.17) is 20.9 Å². The lowest BCUT2D eigenvalue weighted by atomic mass is 9.77. The van der Waals surface area contributed by atoms with Crippen molar-refractivity contribution in [2.45, 2.75) is 57.5 Å². The second-order valence-electron chi connectivity index (χ2n) is 8.13. The van der Waals surface area contributed by atoms with Crippen molar-refractivity contribution in [1.29, 1.82) is 0 Å². The molecule has 0 heterocycles. The topological polar surface area (TPSA) is 162 Å². The fraction of sp³-hybridized carbons (Fsp3) is 0.895. The van der Waals surface area contributed by atoms with Gasteiger partial charge in [-0.2, -0.15) is 5.90 Å². The Bertz CT molecular complexity index is 522. The van der Waals surface area contributed by atoms with Gasteiger partial charge >= 0.3 is 5.97 Å². The largest absolute Gasteiger partial charge is 0.481 e. The van der Waals surface area contributed by atoms with Crippen LogP contribution in [0.3, 0.4) is 0 Å². The maximum Gasteiger partial charge on any atom is 0.307 e. The number of carboxylic acid groups (broad SMARTS) is 1. The molecule has 1 amide bonds. The van der Waals surface area contributed by atoms with E-state index in [-0.39, 0.29) is 12.3 Å². The quantitative estimate of drug-likeness (QED) is 0.161. The molecular formula is C19H35N3O8. The van der Waals surface area contributed by atoms with Crippen LogP contribution < -0.4 is 16.7 Å². The monoisotopic (exact) mass is 433 g/mol. The highest BCUT2D eigenvalue weighted by Gasteiger charge is 2.40. The number of nitrogens with two attached hydrogens (primary N) is 1. The van der Waals surface area contributed by atoms with E-state index in [1.165, 1.54) is 0 Å². The van der Waals surface area contributed by atoms with Crippen molar-refractivity contribution in [1.82, 2.24) is 10.8 Å². The van der Waals surface area contributed by atoms with Crippen LogP contribution in [0.5, 0.6) is 0 Å².